The number of aromatic amines is 1. The number of anilines is 2. The monoisotopic (exact) mass is 446 g/mol. The molecule has 158 valence electrons. The molecule has 1 saturated heterocycles. The molecule has 0 aliphatic carbocycles. The lowest BCUT2D eigenvalue weighted by Crippen LogP contribution is -2.49. The number of likely N-dealkylation sites (tertiary alicyclic amines) is 1. The molecule has 0 radical (unpaired) electrons. The summed E-state index contributed by atoms with van der Waals surface area (Å²) >= 11 is 12.2. The molecule has 2 N–H and O–H groups in total. The van der Waals surface area contributed by atoms with Crippen molar-refractivity contribution in [2.75, 3.05) is 30.4 Å². The molecule has 0 spiro atoms. The van der Waals surface area contributed by atoms with Crippen LogP contribution in [0, 0.1) is 0 Å². The summed E-state index contributed by atoms with van der Waals surface area (Å²) in [6, 6.07) is 7.43. The first-order valence-electron chi connectivity index (χ1n) is 9.98. The van der Waals surface area contributed by atoms with Crippen LogP contribution in [-0.2, 0) is 4.79 Å². The number of nitrogens with one attached hydrogen (secondary N) is 2. The van der Waals surface area contributed by atoms with Crippen molar-refractivity contribution in [3.05, 3.63) is 46.8 Å². The minimum absolute atomic E-state index is 0.215. The van der Waals surface area contributed by atoms with Gasteiger partial charge in [0, 0.05) is 48.1 Å². The predicted octanol–water partition coefficient (Wildman–Crippen LogP) is 4.19. The number of hydrogen-bond acceptors (Lipinski definition) is 6. The number of carbonyl (C=O) groups excluding carboxylic acids is 1. The summed E-state index contributed by atoms with van der Waals surface area (Å²) in [5, 5.41) is 5.33. The van der Waals surface area contributed by atoms with Crippen LogP contribution < -0.4 is 10.2 Å². The van der Waals surface area contributed by atoms with Gasteiger partial charge in [0.15, 0.2) is 6.29 Å². The Morgan fingerprint density at radius 3 is 2.83 bits per heavy atom. The molecule has 0 bridgehead atoms. The number of hydrogen-bond donors (Lipinski definition) is 2. The third-order valence-electron chi connectivity index (χ3n) is 5.59. The molecule has 2 atom stereocenters. The fraction of sp³-hybridized carbons (Fsp3) is 0.381. The standard InChI is InChI=1S/C21H24Cl2N6O/c1-28(21-18-5-6-24-20(18)25-13-26-21)17-4-2-3-7-29(11-17)19(12-30)27-16-9-14(22)8-15(23)10-16/h5-6,8-10,12-13,17,19,27H,2-4,7,11H2,1H3,(H,24,25,26). The van der Waals surface area contributed by atoms with Gasteiger partial charge in [0.25, 0.3) is 0 Å². The number of aldehydes is 1. The molecule has 7 nitrogen and oxygen atoms in total. The Kier molecular flexibility index (Phi) is 6.41. The molecular weight excluding hydrogens is 423 g/mol. The highest BCUT2D eigenvalue weighted by atomic mass is 35.5. The fourth-order valence-corrected chi connectivity index (χ4v) is 4.57. The van der Waals surface area contributed by atoms with Crippen LogP contribution in [0.2, 0.25) is 10.0 Å². The molecule has 0 amide bonds. The molecule has 1 fully saturated rings. The number of likely N-dealkylation sites (N-methyl/N-ethyl adjacent to an activating group) is 1. The van der Waals surface area contributed by atoms with E-state index < -0.39 is 6.17 Å². The highest BCUT2D eigenvalue weighted by Crippen LogP contribution is 2.27. The number of nitrogens with zero attached hydrogens (tertiary/aromatic N) is 4. The Morgan fingerprint density at radius 2 is 2.07 bits per heavy atom. The Hall–Kier alpha value is -2.35. The summed E-state index contributed by atoms with van der Waals surface area (Å²) in [5.41, 5.74) is 1.55. The molecule has 1 aliphatic rings. The van der Waals surface area contributed by atoms with E-state index in [1.807, 2.05) is 12.3 Å². The largest absolute Gasteiger partial charge is 0.364 e. The SMILES string of the molecule is CN(c1ncnc2[nH]ccc12)C1CCCCN(C(C=O)Nc2cc(Cl)cc(Cl)c2)C1. The summed E-state index contributed by atoms with van der Waals surface area (Å²) in [5.74, 6) is 0.894. The van der Waals surface area contributed by atoms with E-state index in [0.717, 1.165) is 61.2 Å². The van der Waals surface area contributed by atoms with Crippen LogP contribution >= 0.6 is 23.2 Å². The van der Waals surface area contributed by atoms with Crippen LogP contribution in [0.25, 0.3) is 11.0 Å². The Morgan fingerprint density at radius 1 is 1.27 bits per heavy atom. The second-order valence-corrected chi connectivity index (χ2v) is 8.45. The van der Waals surface area contributed by atoms with Gasteiger partial charge in [-0.1, -0.05) is 29.6 Å². The molecule has 1 aliphatic heterocycles. The van der Waals surface area contributed by atoms with Crippen LogP contribution in [0.4, 0.5) is 11.5 Å². The zero-order chi connectivity index (χ0) is 21.1. The number of rotatable bonds is 6. The third kappa shape index (κ3) is 4.53. The van der Waals surface area contributed by atoms with Crippen molar-refractivity contribution < 1.29 is 4.79 Å². The third-order valence-corrected chi connectivity index (χ3v) is 6.03. The van der Waals surface area contributed by atoms with Crippen molar-refractivity contribution in [1.29, 1.82) is 0 Å². The van der Waals surface area contributed by atoms with Gasteiger partial charge in [0.05, 0.1) is 5.39 Å². The lowest BCUT2D eigenvalue weighted by molar-refractivity contribution is -0.111. The van der Waals surface area contributed by atoms with Crippen molar-refractivity contribution >= 4 is 52.0 Å². The van der Waals surface area contributed by atoms with Gasteiger partial charge in [0.2, 0.25) is 0 Å². The smallest absolute Gasteiger partial charge is 0.157 e. The number of halogens is 2. The number of aromatic nitrogens is 3. The topological polar surface area (TPSA) is 77.2 Å². The van der Waals surface area contributed by atoms with Crippen LogP contribution in [0.1, 0.15) is 19.3 Å². The molecule has 0 saturated carbocycles. The molecule has 30 heavy (non-hydrogen) atoms. The highest BCUT2D eigenvalue weighted by molar-refractivity contribution is 6.35. The van der Waals surface area contributed by atoms with Gasteiger partial charge in [-0.25, -0.2) is 9.97 Å². The quantitative estimate of drug-likeness (QED) is 0.552. The van der Waals surface area contributed by atoms with Crippen LogP contribution in [0.15, 0.2) is 36.8 Å². The summed E-state index contributed by atoms with van der Waals surface area (Å²) in [4.78, 5) is 28.3. The minimum Gasteiger partial charge on any atom is -0.364 e. The summed E-state index contributed by atoms with van der Waals surface area (Å²) < 4.78 is 0. The second-order valence-electron chi connectivity index (χ2n) is 7.58. The second kappa shape index (κ2) is 9.20. The summed E-state index contributed by atoms with van der Waals surface area (Å²) in [6.45, 7) is 1.56. The molecule has 3 heterocycles. The van der Waals surface area contributed by atoms with E-state index in [1.54, 1.807) is 24.5 Å². The first-order chi connectivity index (χ1) is 14.5. The maximum absolute atomic E-state index is 12.0. The van der Waals surface area contributed by atoms with Gasteiger partial charge >= 0.3 is 0 Å². The number of benzene rings is 1. The van der Waals surface area contributed by atoms with Crippen LogP contribution in [0.5, 0.6) is 0 Å². The zero-order valence-corrected chi connectivity index (χ0v) is 18.2. The molecule has 2 unspecified atom stereocenters. The average Bonchev–Trinajstić information content (AvgIpc) is 3.07. The van der Waals surface area contributed by atoms with Crippen molar-refractivity contribution in [2.24, 2.45) is 0 Å². The molecule has 1 aromatic carbocycles. The fourth-order valence-electron chi connectivity index (χ4n) is 4.05. The first-order valence-corrected chi connectivity index (χ1v) is 10.7. The maximum atomic E-state index is 12.0. The lowest BCUT2D eigenvalue weighted by atomic mass is 10.1. The van der Waals surface area contributed by atoms with Gasteiger partial charge in [-0.2, -0.15) is 0 Å². The zero-order valence-electron chi connectivity index (χ0n) is 16.7. The summed E-state index contributed by atoms with van der Waals surface area (Å²) in [6.07, 6.45) is 7.06. The van der Waals surface area contributed by atoms with Crippen LogP contribution in [0.3, 0.4) is 0 Å². The lowest BCUT2D eigenvalue weighted by Gasteiger charge is -2.34. The van der Waals surface area contributed by atoms with E-state index in [0.29, 0.717) is 10.0 Å². The van der Waals surface area contributed by atoms with E-state index in [2.05, 4.69) is 37.1 Å². The van der Waals surface area contributed by atoms with Gasteiger partial charge in [-0.15, -0.1) is 0 Å². The molecule has 3 aromatic rings. The van der Waals surface area contributed by atoms with E-state index in [9.17, 15) is 4.79 Å². The molecule has 9 heteroatoms. The predicted molar refractivity (Wildman–Crippen MR) is 121 cm³/mol. The first kappa shape index (κ1) is 20.9. The number of H-pyrrole nitrogens is 1. The number of carbonyl (C=O) groups is 1. The molecule has 2 aromatic heterocycles. The van der Waals surface area contributed by atoms with Crippen molar-refractivity contribution in [2.45, 2.75) is 31.5 Å². The van der Waals surface area contributed by atoms with Crippen LogP contribution in [-0.4, -0.2) is 58.5 Å². The van der Waals surface area contributed by atoms with E-state index >= 15 is 0 Å². The normalized spacial score (nSPS) is 18.7. The average molecular weight is 447 g/mol. The Bertz CT molecular complexity index is 1010. The van der Waals surface area contributed by atoms with E-state index in [-0.39, 0.29) is 6.04 Å². The van der Waals surface area contributed by atoms with Gasteiger partial charge in [0.1, 0.15) is 24.0 Å². The minimum atomic E-state index is -0.466. The Labute approximate surface area is 185 Å². The number of fused-ring (bicyclic) bond motifs is 1. The van der Waals surface area contributed by atoms with E-state index in [4.69, 9.17) is 23.2 Å². The van der Waals surface area contributed by atoms with Gasteiger partial charge < -0.3 is 15.2 Å². The van der Waals surface area contributed by atoms with Crippen molar-refractivity contribution in [1.82, 2.24) is 19.9 Å². The van der Waals surface area contributed by atoms with E-state index in [1.165, 1.54) is 0 Å². The highest BCUT2D eigenvalue weighted by Gasteiger charge is 2.28. The van der Waals surface area contributed by atoms with Gasteiger partial charge in [-0.05, 0) is 37.1 Å². The molecule has 4 rings (SSSR count). The van der Waals surface area contributed by atoms with Crippen molar-refractivity contribution in [3.8, 4) is 0 Å². The molecular formula is C21H24Cl2N6O. The van der Waals surface area contributed by atoms with Gasteiger partial charge in [-0.3, -0.25) is 9.69 Å². The Balaban J connectivity index is 1.54. The van der Waals surface area contributed by atoms with Crippen molar-refractivity contribution in [3.63, 3.8) is 0 Å². The maximum Gasteiger partial charge on any atom is 0.157 e. The summed E-state index contributed by atoms with van der Waals surface area (Å²) in [7, 11) is 2.06.